The van der Waals surface area contributed by atoms with Crippen LogP contribution in [0.1, 0.15) is 58.3 Å². The van der Waals surface area contributed by atoms with Crippen LogP contribution in [0, 0.1) is 11.3 Å². The van der Waals surface area contributed by atoms with E-state index >= 15 is 0 Å². The van der Waals surface area contributed by atoms with Crippen LogP contribution in [-0.4, -0.2) is 49.3 Å². The Morgan fingerprint density at radius 2 is 1.86 bits per heavy atom. The highest BCUT2D eigenvalue weighted by atomic mass is 16.5. The number of ether oxygens (including phenoxy) is 1. The van der Waals surface area contributed by atoms with E-state index in [0.29, 0.717) is 17.6 Å². The van der Waals surface area contributed by atoms with E-state index in [1.807, 2.05) is 0 Å². The van der Waals surface area contributed by atoms with Crippen molar-refractivity contribution in [2.24, 2.45) is 11.3 Å². The van der Waals surface area contributed by atoms with Gasteiger partial charge in [0.1, 0.15) is 0 Å². The lowest BCUT2D eigenvalue weighted by atomic mass is 9.69. The van der Waals surface area contributed by atoms with E-state index in [-0.39, 0.29) is 0 Å². The maximum atomic E-state index is 6.02. The molecule has 0 aromatic rings. The normalized spacial score (nSPS) is 44.1. The van der Waals surface area contributed by atoms with Crippen molar-refractivity contribution in [3.05, 3.63) is 0 Å². The van der Waals surface area contributed by atoms with Gasteiger partial charge in [0.15, 0.2) is 0 Å². The molecule has 3 heteroatoms. The van der Waals surface area contributed by atoms with Crippen LogP contribution in [0.2, 0.25) is 0 Å². The maximum absolute atomic E-state index is 6.02. The third-order valence-corrected chi connectivity index (χ3v) is 6.21. The Morgan fingerprint density at radius 1 is 1.10 bits per heavy atom. The molecule has 0 spiro atoms. The van der Waals surface area contributed by atoms with Crippen LogP contribution >= 0.6 is 0 Å². The van der Waals surface area contributed by atoms with E-state index in [1.165, 1.54) is 77.5 Å². The first-order valence-corrected chi connectivity index (χ1v) is 9.32. The Morgan fingerprint density at radius 3 is 2.52 bits per heavy atom. The first-order valence-electron chi connectivity index (χ1n) is 9.32. The summed E-state index contributed by atoms with van der Waals surface area (Å²) in [5, 5.41) is 3.86. The summed E-state index contributed by atoms with van der Waals surface area (Å²) in [4.78, 5) is 2.75. The zero-order valence-corrected chi connectivity index (χ0v) is 13.7. The standard InChI is InChI=1S/C18H32N2O/c1-14-3-2-8-18(9-14,12-19-15-4-5-15)13-20-10-16-6-7-17(11-20)21-16/h14-17,19H,2-13H2,1H3. The molecule has 0 radical (unpaired) electrons. The quantitative estimate of drug-likeness (QED) is 0.843. The number of hydrogen-bond acceptors (Lipinski definition) is 3. The van der Waals surface area contributed by atoms with E-state index in [4.69, 9.17) is 4.74 Å². The summed E-state index contributed by atoms with van der Waals surface area (Å²) < 4.78 is 6.02. The van der Waals surface area contributed by atoms with E-state index in [0.717, 1.165) is 12.0 Å². The molecule has 2 bridgehead atoms. The second-order valence-electron chi connectivity index (χ2n) is 8.51. The Labute approximate surface area is 129 Å². The highest BCUT2D eigenvalue weighted by Crippen LogP contribution is 2.41. The van der Waals surface area contributed by atoms with Crippen molar-refractivity contribution >= 4 is 0 Å². The smallest absolute Gasteiger partial charge is 0.0707 e. The summed E-state index contributed by atoms with van der Waals surface area (Å²) >= 11 is 0. The van der Waals surface area contributed by atoms with Crippen LogP contribution in [-0.2, 0) is 4.74 Å². The maximum Gasteiger partial charge on any atom is 0.0707 e. The minimum absolute atomic E-state index is 0.539. The Balaban J connectivity index is 1.41. The summed E-state index contributed by atoms with van der Waals surface area (Å²) in [7, 11) is 0. The van der Waals surface area contributed by atoms with Gasteiger partial charge in [-0.3, -0.25) is 4.90 Å². The molecule has 4 fully saturated rings. The molecule has 0 amide bonds. The van der Waals surface area contributed by atoms with Gasteiger partial charge in [-0.15, -0.1) is 0 Å². The lowest BCUT2D eigenvalue weighted by molar-refractivity contribution is -0.0562. The molecule has 3 nitrogen and oxygen atoms in total. The summed E-state index contributed by atoms with van der Waals surface area (Å²) in [5.41, 5.74) is 0.539. The summed E-state index contributed by atoms with van der Waals surface area (Å²) in [5.74, 6) is 0.914. The number of likely N-dealkylation sites (tertiary alicyclic amines) is 1. The van der Waals surface area contributed by atoms with Gasteiger partial charge in [-0.1, -0.05) is 19.8 Å². The predicted molar refractivity (Wildman–Crippen MR) is 85.4 cm³/mol. The lowest BCUT2D eigenvalue weighted by Gasteiger charge is -2.45. The van der Waals surface area contributed by atoms with E-state index < -0.39 is 0 Å². The molecule has 2 heterocycles. The van der Waals surface area contributed by atoms with Gasteiger partial charge in [0.2, 0.25) is 0 Å². The molecule has 2 saturated heterocycles. The molecule has 2 aliphatic heterocycles. The van der Waals surface area contributed by atoms with Crippen molar-refractivity contribution < 1.29 is 4.74 Å². The van der Waals surface area contributed by atoms with Gasteiger partial charge in [0, 0.05) is 32.2 Å². The van der Waals surface area contributed by atoms with Crippen LogP contribution in [0.15, 0.2) is 0 Å². The fraction of sp³-hybridized carbons (Fsp3) is 1.00. The zero-order valence-electron chi connectivity index (χ0n) is 13.7. The number of morpholine rings is 1. The Hall–Kier alpha value is -0.120. The molecule has 4 atom stereocenters. The van der Waals surface area contributed by atoms with Crippen molar-refractivity contribution in [2.75, 3.05) is 26.2 Å². The summed E-state index contributed by atoms with van der Waals surface area (Å²) in [6.45, 7) is 7.42. The van der Waals surface area contributed by atoms with Crippen molar-refractivity contribution in [1.29, 1.82) is 0 Å². The third-order valence-electron chi connectivity index (χ3n) is 6.21. The van der Waals surface area contributed by atoms with Crippen molar-refractivity contribution in [3.63, 3.8) is 0 Å². The van der Waals surface area contributed by atoms with Crippen molar-refractivity contribution in [2.45, 2.75) is 76.5 Å². The van der Waals surface area contributed by atoms with Gasteiger partial charge in [-0.25, -0.2) is 0 Å². The van der Waals surface area contributed by atoms with Crippen LogP contribution in [0.3, 0.4) is 0 Å². The number of nitrogens with one attached hydrogen (secondary N) is 1. The van der Waals surface area contributed by atoms with Gasteiger partial charge >= 0.3 is 0 Å². The fourth-order valence-corrected chi connectivity index (χ4v) is 5.08. The van der Waals surface area contributed by atoms with E-state index in [1.54, 1.807) is 0 Å². The summed E-state index contributed by atoms with van der Waals surface area (Å²) in [6, 6.07) is 0.847. The third kappa shape index (κ3) is 3.46. The van der Waals surface area contributed by atoms with Crippen molar-refractivity contribution in [3.8, 4) is 0 Å². The van der Waals surface area contributed by atoms with E-state index in [9.17, 15) is 0 Å². The molecule has 4 unspecified atom stereocenters. The van der Waals surface area contributed by atoms with Gasteiger partial charge in [-0.05, 0) is 49.9 Å². The molecular formula is C18H32N2O. The highest BCUT2D eigenvalue weighted by Gasteiger charge is 2.41. The van der Waals surface area contributed by atoms with Crippen LogP contribution in [0.5, 0.6) is 0 Å². The topological polar surface area (TPSA) is 24.5 Å². The van der Waals surface area contributed by atoms with Crippen LogP contribution < -0.4 is 5.32 Å². The number of fused-ring (bicyclic) bond motifs is 2. The van der Waals surface area contributed by atoms with Gasteiger partial charge in [0.25, 0.3) is 0 Å². The number of rotatable bonds is 5. The Kier molecular flexibility index (Phi) is 4.01. The summed E-state index contributed by atoms with van der Waals surface area (Å²) in [6.07, 6.45) is 12.2. The van der Waals surface area contributed by atoms with Crippen molar-refractivity contribution in [1.82, 2.24) is 10.2 Å². The average Bonchev–Trinajstić information content (AvgIpc) is 3.22. The molecule has 4 rings (SSSR count). The molecule has 2 saturated carbocycles. The van der Waals surface area contributed by atoms with Crippen LogP contribution in [0.25, 0.3) is 0 Å². The van der Waals surface area contributed by atoms with Gasteiger partial charge < -0.3 is 10.1 Å². The molecule has 120 valence electrons. The molecular weight excluding hydrogens is 260 g/mol. The van der Waals surface area contributed by atoms with Gasteiger partial charge in [0.05, 0.1) is 12.2 Å². The Bertz CT molecular complexity index is 358. The minimum Gasteiger partial charge on any atom is -0.372 e. The van der Waals surface area contributed by atoms with E-state index in [2.05, 4.69) is 17.1 Å². The van der Waals surface area contributed by atoms with Crippen LogP contribution in [0.4, 0.5) is 0 Å². The number of hydrogen-bond donors (Lipinski definition) is 1. The zero-order chi connectivity index (χ0) is 14.3. The first kappa shape index (κ1) is 14.5. The number of nitrogens with zero attached hydrogens (tertiary/aromatic N) is 1. The lowest BCUT2D eigenvalue weighted by Crippen LogP contribution is -2.51. The SMILES string of the molecule is CC1CCCC(CNC2CC2)(CN2CC3CCC(C2)O3)C1. The molecule has 4 aliphatic rings. The first-order chi connectivity index (χ1) is 10.2. The molecule has 0 aromatic carbocycles. The fourth-order valence-electron chi connectivity index (χ4n) is 5.08. The van der Waals surface area contributed by atoms with Gasteiger partial charge in [-0.2, -0.15) is 0 Å². The predicted octanol–water partition coefficient (Wildman–Crippen LogP) is 2.80. The molecule has 2 aliphatic carbocycles. The monoisotopic (exact) mass is 292 g/mol. The second-order valence-corrected chi connectivity index (χ2v) is 8.51. The molecule has 1 N–H and O–H groups in total. The highest BCUT2D eigenvalue weighted by molar-refractivity contribution is 4.95. The minimum atomic E-state index is 0.539. The average molecular weight is 292 g/mol. The molecule has 0 aromatic heterocycles. The largest absolute Gasteiger partial charge is 0.372 e. The second kappa shape index (κ2) is 5.82. The molecule has 21 heavy (non-hydrogen) atoms.